The lowest BCUT2D eigenvalue weighted by Crippen LogP contribution is -2.44. The number of halogens is 1. The molecule has 0 unspecified atom stereocenters. The van der Waals surface area contributed by atoms with Crippen molar-refractivity contribution in [3.8, 4) is 0 Å². The summed E-state index contributed by atoms with van der Waals surface area (Å²) in [4.78, 5) is 18.5. The number of carbonyl (C=O) groups is 1. The molecule has 1 saturated heterocycles. The molecular formula is C11H14FN3O. The van der Waals surface area contributed by atoms with E-state index in [2.05, 4.69) is 16.9 Å². The average molecular weight is 223 g/mol. The maximum absolute atomic E-state index is 13.3. The van der Waals surface area contributed by atoms with Crippen molar-refractivity contribution in [3.63, 3.8) is 0 Å². The van der Waals surface area contributed by atoms with Crippen LogP contribution in [0.2, 0.25) is 0 Å². The Morgan fingerprint density at radius 2 is 2.00 bits per heavy atom. The third-order valence-electron chi connectivity index (χ3n) is 2.82. The second-order valence-corrected chi connectivity index (χ2v) is 3.96. The van der Waals surface area contributed by atoms with Crippen LogP contribution in [0, 0.1) is 5.95 Å². The number of hydrogen-bond donors (Lipinski definition) is 0. The molecule has 0 bridgehead atoms. The molecule has 5 heteroatoms. The van der Waals surface area contributed by atoms with Crippen LogP contribution in [-0.2, 0) is 0 Å². The van der Waals surface area contributed by atoms with Crippen molar-refractivity contribution in [2.45, 2.75) is 0 Å². The molecule has 0 radical (unpaired) electrons. The maximum atomic E-state index is 13.3. The number of anilines is 1. The van der Waals surface area contributed by atoms with Crippen LogP contribution in [0.25, 0.3) is 0 Å². The number of rotatable bonds is 2. The van der Waals surface area contributed by atoms with Crippen molar-refractivity contribution in [2.75, 3.05) is 38.1 Å². The van der Waals surface area contributed by atoms with Gasteiger partial charge in [0.2, 0.25) is 5.95 Å². The zero-order valence-electron chi connectivity index (χ0n) is 9.19. The topological polar surface area (TPSA) is 36.4 Å². The minimum atomic E-state index is -0.688. The highest BCUT2D eigenvalue weighted by molar-refractivity contribution is 5.75. The first-order chi connectivity index (χ1) is 7.70. The van der Waals surface area contributed by atoms with Crippen LogP contribution in [0.1, 0.15) is 10.4 Å². The lowest BCUT2D eigenvalue weighted by atomic mass is 10.2. The summed E-state index contributed by atoms with van der Waals surface area (Å²) in [6.07, 6.45) is 0.482. The van der Waals surface area contributed by atoms with Crippen LogP contribution in [0.4, 0.5) is 10.2 Å². The summed E-state index contributed by atoms with van der Waals surface area (Å²) in [5.74, 6) is -0.0809. The summed E-state index contributed by atoms with van der Waals surface area (Å²) in [5, 5.41) is 0. The highest BCUT2D eigenvalue weighted by atomic mass is 19.1. The first-order valence-electron chi connectivity index (χ1n) is 5.26. The standard InChI is InChI=1S/C11H14FN3O/c1-14-4-6-15(7-5-14)10-3-2-9(8-16)11(12)13-10/h2-3,8H,4-7H2,1H3. The van der Waals surface area contributed by atoms with Gasteiger partial charge in [0.25, 0.3) is 0 Å². The van der Waals surface area contributed by atoms with Crippen LogP contribution in [0.15, 0.2) is 12.1 Å². The van der Waals surface area contributed by atoms with Crippen molar-refractivity contribution in [1.29, 1.82) is 0 Å². The molecule has 2 rings (SSSR count). The first-order valence-corrected chi connectivity index (χ1v) is 5.26. The lowest BCUT2D eigenvalue weighted by Gasteiger charge is -2.33. The van der Waals surface area contributed by atoms with Gasteiger partial charge in [0.05, 0.1) is 5.56 Å². The number of likely N-dealkylation sites (N-methyl/N-ethyl adjacent to an activating group) is 1. The molecule has 1 fully saturated rings. The number of hydrogen-bond acceptors (Lipinski definition) is 4. The molecular weight excluding hydrogens is 209 g/mol. The molecule has 1 aliphatic rings. The smallest absolute Gasteiger partial charge is 0.225 e. The zero-order valence-corrected chi connectivity index (χ0v) is 9.19. The minimum absolute atomic E-state index is 0.0119. The van der Waals surface area contributed by atoms with Crippen LogP contribution in [0.3, 0.4) is 0 Å². The fourth-order valence-corrected chi connectivity index (χ4v) is 1.74. The Balaban J connectivity index is 2.15. The van der Waals surface area contributed by atoms with E-state index in [0.29, 0.717) is 12.1 Å². The predicted octanol–water partition coefficient (Wildman–Crippen LogP) is 0.785. The number of nitrogens with zero attached hydrogens (tertiary/aromatic N) is 3. The highest BCUT2D eigenvalue weighted by Gasteiger charge is 2.16. The predicted molar refractivity (Wildman–Crippen MR) is 59.3 cm³/mol. The maximum Gasteiger partial charge on any atom is 0.225 e. The summed E-state index contributed by atoms with van der Waals surface area (Å²) in [7, 11) is 2.06. The molecule has 4 nitrogen and oxygen atoms in total. The summed E-state index contributed by atoms with van der Waals surface area (Å²) in [6, 6.07) is 3.17. The number of aldehydes is 1. The molecule has 1 aromatic heterocycles. The Hall–Kier alpha value is -1.49. The lowest BCUT2D eigenvalue weighted by molar-refractivity contribution is 0.111. The number of carbonyl (C=O) groups excluding carboxylic acids is 1. The molecule has 2 heterocycles. The van der Waals surface area contributed by atoms with E-state index in [-0.39, 0.29) is 5.56 Å². The molecule has 1 aromatic rings. The molecule has 1 aliphatic heterocycles. The summed E-state index contributed by atoms with van der Waals surface area (Å²) in [6.45, 7) is 3.56. The third kappa shape index (κ3) is 2.19. The van der Waals surface area contributed by atoms with Gasteiger partial charge in [0, 0.05) is 26.2 Å². The molecule has 16 heavy (non-hydrogen) atoms. The van der Waals surface area contributed by atoms with Crippen LogP contribution in [-0.4, -0.2) is 49.4 Å². The number of aromatic nitrogens is 1. The third-order valence-corrected chi connectivity index (χ3v) is 2.82. The van der Waals surface area contributed by atoms with Crippen LogP contribution >= 0.6 is 0 Å². The number of piperazine rings is 1. The van der Waals surface area contributed by atoms with Gasteiger partial charge in [-0.25, -0.2) is 4.98 Å². The first kappa shape index (κ1) is 11.0. The van der Waals surface area contributed by atoms with Gasteiger partial charge < -0.3 is 9.80 Å². The Morgan fingerprint density at radius 3 is 2.56 bits per heavy atom. The van der Waals surface area contributed by atoms with E-state index in [9.17, 15) is 9.18 Å². The fraction of sp³-hybridized carbons (Fsp3) is 0.455. The fourth-order valence-electron chi connectivity index (χ4n) is 1.74. The quantitative estimate of drug-likeness (QED) is 0.548. The van der Waals surface area contributed by atoms with E-state index in [4.69, 9.17) is 0 Å². The van der Waals surface area contributed by atoms with Crippen molar-refractivity contribution in [1.82, 2.24) is 9.88 Å². The molecule has 0 saturated carbocycles. The van der Waals surface area contributed by atoms with E-state index in [0.717, 1.165) is 26.2 Å². The molecule has 0 aliphatic carbocycles. The van der Waals surface area contributed by atoms with E-state index in [1.54, 1.807) is 6.07 Å². The molecule has 86 valence electrons. The Morgan fingerprint density at radius 1 is 1.31 bits per heavy atom. The van der Waals surface area contributed by atoms with Crippen molar-refractivity contribution < 1.29 is 9.18 Å². The van der Waals surface area contributed by atoms with Crippen molar-refractivity contribution >= 4 is 12.1 Å². The average Bonchev–Trinajstić information content (AvgIpc) is 2.30. The SMILES string of the molecule is CN1CCN(c2ccc(C=O)c(F)n2)CC1. The second kappa shape index (κ2) is 4.57. The zero-order chi connectivity index (χ0) is 11.5. The van der Waals surface area contributed by atoms with Gasteiger partial charge in [-0.3, -0.25) is 4.79 Å². The van der Waals surface area contributed by atoms with E-state index < -0.39 is 5.95 Å². The summed E-state index contributed by atoms with van der Waals surface area (Å²) in [5.41, 5.74) is 0.0119. The van der Waals surface area contributed by atoms with Crippen LogP contribution < -0.4 is 4.90 Å². The van der Waals surface area contributed by atoms with E-state index in [1.165, 1.54) is 6.07 Å². The van der Waals surface area contributed by atoms with Gasteiger partial charge >= 0.3 is 0 Å². The Bertz CT molecular complexity index is 389. The molecule has 0 atom stereocenters. The largest absolute Gasteiger partial charge is 0.354 e. The summed E-state index contributed by atoms with van der Waals surface area (Å²) >= 11 is 0. The van der Waals surface area contributed by atoms with Gasteiger partial charge in [0.15, 0.2) is 6.29 Å². The van der Waals surface area contributed by atoms with E-state index in [1.807, 2.05) is 4.90 Å². The van der Waals surface area contributed by atoms with Gasteiger partial charge in [-0.05, 0) is 19.2 Å². The minimum Gasteiger partial charge on any atom is -0.354 e. The molecule has 0 amide bonds. The second-order valence-electron chi connectivity index (χ2n) is 3.96. The summed E-state index contributed by atoms with van der Waals surface area (Å²) < 4.78 is 13.3. The molecule has 0 aromatic carbocycles. The molecule has 0 N–H and O–H groups in total. The van der Waals surface area contributed by atoms with Crippen molar-refractivity contribution in [2.24, 2.45) is 0 Å². The number of pyridine rings is 1. The van der Waals surface area contributed by atoms with E-state index >= 15 is 0 Å². The van der Waals surface area contributed by atoms with Gasteiger partial charge in [-0.15, -0.1) is 0 Å². The highest BCUT2D eigenvalue weighted by Crippen LogP contribution is 2.15. The molecule has 0 spiro atoms. The van der Waals surface area contributed by atoms with Crippen LogP contribution in [0.5, 0.6) is 0 Å². The normalized spacial score (nSPS) is 17.5. The monoisotopic (exact) mass is 223 g/mol. The Kier molecular flexibility index (Phi) is 3.14. The van der Waals surface area contributed by atoms with Gasteiger partial charge in [-0.2, -0.15) is 4.39 Å². The van der Waals surface area contributed by atoms with Gasteiger partial charge in [0.1, 0.15) is 5.82 Å². The van der Waals surface area contributed by atoms with Gasteiger partial charge in [-0.1, -0.05) is 0 Å². The Labute approximate surface area is 93.7 Å². The van der Waals surface area contributed by atoms with Crippen molar-refractivity contribution in [3.05, 3.63) is 23.6 Å².